The van der Waals surface area contributed by atoms with Gasteiger partial charge in [-0.15, -0.1) is 5.10 Å². The Hall–Kier alpha value is -3.51. The predicted octanol–water partition coefficient (Wildman–Crippen LogP) is 3.86. The van der Waals surface area contributed by atoms with Crippen molar-refractivity contribution in [2.45, 2.75) is 19.5 Å². The fourth-order valence-electron chi connectivity index (χ4n) is 4.41. The zero-order valence-electron chi connectivity index (χ0n) is 15.9. The summed E-state index contributed by atoms with van der Waals surface area (Å²) in [6.07, 6.45) is 6.79. The molecule has 1 aliphatic rings. The minimum Gasteiger partial charge on any atom is -0.357 e. The van der Waals surface area contributed by atoms with Crippen molar-refractivity contribution >= 4 is 21.7 Å². The molecule has 0 radical (unpaired) electrons. The molecule has 0 unspecified atom stereocenters. The lowest BCUT2D eigenvalue weighted by Crippen LogP contribution is -2.30. The fourth-order valence-corrected chi connectivity index (χ4v) is 4.41. The van der Waals surface area contributed by atoms with Gasteiger partial charge in [0.25, 0.3) is 0 Å². The summed E-state index contributed by atoms with van der Waals surface area (Å²) in [6.45, 7) is 2.74. The third kappa shape index (κ3) is 2.80. The summed E-state index contributed by atoms with van der Waals surface area (Å²) >= 11 is 0. The van der Waals surface area contributed by atoms with E-state index in [4.69, 9.17) is 0 Å². The van der Waals surface area contributed by atoms with Gasteiger partial charge >= 0.3 is 0 Å². The van der Waals surface area contributed by atoms with E-state index >= 15 is 0 Å². The molecule has 0 fully saturated rings. The first kappa shape index (κ1) is 16.4. The number of benzene rings is 2. The average molecular weight is 380 g/mol. The molecule has 0 saturated heterocycles. The molecule has 3 aromatic heterocycles. The molecule has 6 rings (SSSR count). The largest absolute Gasteiger partial charge is 0.357 e. The number of rotatable bonds is 3. The van der Waals surface area contributed by atoms with Crippen molar-refractivity contribution in [2.75, 3.05) is 6.54 Å². The quantitative estimate of drug-likeness (QED) is 0.516. The summed E-state index contributed by atoms with van der Waals surface area (Å²) in [5.74, 6) is 0. The second-order valence-electron chi connectivity index (χ2n) is 7.62. The van der Waals surface area contributed by atoms with Gasteiger partial charge in [0, 0.05) is 59.4 Å². The molecule has 6 nitrogen and oxygen atoms in total. The van der Waals surface area contributed by atoms with Crippen LogP contribution in [0.15, 0.2) is 67.1 Å². The minimum atomic E-state index is 0.793. The van der Waals surface area contributed by atoms with Crippen molar-refractivity contribution in [1.82, 2.24) is 29.9 Å². The van der Waals surface area contributed by atoms with Crippen molar-refractivity contribution in [3.8, 4) is 5.69 Å². The first-order valence-corrected chi connectivity index (χ1v) is 9.90. The van der Waals surface area contributed by atoms with E-state index in [1.165, 1.54) is 22.2 Å². The topological polar surface area (TPSA) is 62.6 Å². The number of fused-ring (bicyclic) bond motifs is 4. The number of hydrogen-bond acceptors (Lipinski definition) is 4. The van der Waals surface area contributed by atoms with Crippen LogP contribution in [-0.2, 0) is 19.5 Å². The van der Waals surface area contributed by atoms with Crippen molar-refractivity contribution in [3.05, 3.63) is 84.1 Å². The molecule has 0 bridgehead atoms. The molecule has 1 aliphatic heterocycles. The van der Waals surface area contributed by atoms with Crippen LogP contribution in [0.2, 0.25) is 0 Å². The van der Waals surface area contributed by atoms with Crippen LogP contribution in [-0.4, -0.2) is 36.4 Å². The predicted molar refractivity (Wildman–Crippen MR) is 113 cm³/mol. The van der Waals surface area contributed by atoms with E-state index < -0.39 is 0 Å². The summed E-state index contributed by atoms with van der Waals surface area (Å²) in [5, 5.41) is 12.4. The number of aromatic amines is 1. The molecule has 5 aromatic rings. The van der Waals surface area contributed by atoms with Crippen molar-refractivity contribution in [3.63, 3.8) is 0 Å². The molecule has 0 aliphatic carbocycles. The molecule has 0 saturated carbocycles. The number of pyridine rings is 1. The zero-order chi connectivity index (χ0) is 19.2. The maximum Gasteiger partial charge on any atom is 0.0971 e. The van der Waals surface area contributed by atoms with Crippen LogP contribution in [0.25, 0.3) is 27.4 Å². The van der Waals surface area contributed by atoms with Gasteiger partial charge in [-0.2, -0.15) is 0 Å². The number of hydrogen-bond donors (Lipinski definition) is 1. The first-order valence-electron chi connectivity index (χ1n) is 9.90. The Morgan fingerprint density at radius 3 is 2.97 bits per heavy atom. The van der Waals surface area contributed by atoms with Crippen LogP contribution in [0.1, 0.15) is 17.0 Å². The number of para-hydroxylation sites is 1. The van der Waals surface area contributed by atoms with Gasteiger partial charge in [-0.1, -0.05) is 35.5 Å². The second kappa shape index (κ2) is 6.53. The highest BCUT2D eigenvalue weighted by molar-refractivity contribution is 5.89. The highest BCUT2D eigenvalue weighted by atomic mass is 15.4. The molecule has 2 aromatic carbocycles. The highest BCUT2D eigenvalue weighted by Gasteiger charge is 2.21. The lowest BCUT2D eigenvalue weighted by atomic mass is 10.0. The summed E-state index contributed by atoms with van der Waals surface area (Å²) in [6, 6.07) is 16.8. The molecule has 6 heteroatoms. The van der Waals surface area contributed by atoms with E-state index in [2.05, 4.69) is 61.6 Å². The van der Waals surface area contributed by atoms with Gasteiger partial charge in [-0.05, 0) is 30.2 Å². The van der Waals surface area contributed by atoms with Crippen LogP contribution in [0, 0.1) is 0 Å². The summed E-state index contributed by atoms with van der Waals surface area (Å²) in [7, 11) is 0. The SMILES string of the molecule is c1cc(-n2cc(CN3CCc4c([nH]c5ccccc45)C3)nn2)c2ccncc2c1. The smallest absolute Gasteiger partial charge is 0.0971 e. The van der Waals surface area contributed by atoms with Gasteiger partial charge < -0.3 is 4.98 Å². The Labute approximate surface area is 167 Å². The van der Waals surface area contributed by atoms with E-state index in [9.17, 15) is 0 Å². The standard InChI is InChI=1S/C23H20N6/c1-2-6-21-19(5-1)20-9-11-28(15-22(20)25-21)13-17-14-29(27-26-17)23-7-3-4-16-12-24-10-8-18(16)23/h1-8,10,12,14,25H,9,11,13,15H2. The van der Waals surface area contributed by atoms with Crippen LogP contribution in [0.4, 0.5) is 0 Å². The Morgan fingerprint density at radius 1 is 1.00 bits per heavy atom. The number of aromatic nitrogens is 5. The summed E-state index contributed by atoms with van der Waals surface area (Å²) < 4.78 is 1.87. The van der Waals surface area contributed by atoms with Gasteiger partial charge in [0.15, 0.2) is 0 Å². The Bertz CT molecular complexity index is 1330. The number of nitrogens with one attached hydrogen (secondary N) is 1. The third-order valence-corrected chi connectivity index (χ3v) is 5.79. The minimum absolute atomic E-state index is 0.793. The van der Waals surface area contributed by atoms with E-state index in [0.717, 1.165) is 48.2 Å². The zero-order valence-corrected chi connectivity index (χ0v) is 15.9. The monoisotopic (exact) mass is 380 g/mol. The fraction of sp³-hybridized carbons (Fsp3) is 0.174. The van der Waals surface area contributed by atoms with E-state index in [0.29, 0.717) is 0 Å². The molecule has 0 amide bonds. The summed E-state index contributed by atoms with van der Waals surface area (Å²) in [5.41, 5.74) is 6.03. The van der Waals surface area contributed by atoms with E-state index in [-0.39, 0.29) is 0 Å². The maximum absolute atomic E-state index is 4.44. The Morgan fingerprint density at radius 2 is 1.97 bits per heavy atom. The van der Waals surface area contributed by atoms with Gasteiger partial charge in [0.1, 0.15) is 0 Å². The van der Waals surface area contributed by atoms with E-state index in [1.54, 1.807) is 0 Å². The lowest BCUT2D eigenvalue weighted by molar-refractivity contribution is 0.240. The summed E-state index contributed by atoms with van der Waals surface area (Å²) in [4.78, 5) is 10.2. The van der Waals surface area contributed by atoms with Crippen molar-refractivity contribution in [2.24, 2.45) is 0 Å². The van der Waals surface area contributed by atoms with Crippen LogP contribution < -0.4 is 0 Å². The molecule has 0 atom stereocenters. The number of nitrogens with zero attached hydrogens (tertiary/aromatic N) is 5. The van der Waals surface area contributed by atoms with Crippen molar-refractivity contribution < 1.29 is 0 Å². The second-order valence-corrected chi connectivity index (χ2v) is 7.62. The molecular formula is C23H20N6. The molecule has 29 heavy (non-hydrogen) atoms. The van der Waals surface area contributed by atoms with Crippen LogP contribution in [0.3, 0.4) is 0 Å². The Balaban J connectivity index is 1.26. The average Bonchev–Trinajstić information content (AvgIpc) is 3.37. The molecule has 4 heterocycles. The van der Waals surface area contributed by atoms with E-state index in [1.807, 2.05) is 35.4 Å². The van der Waals surface area contributed by atoms with Gasteiger partial charge in [0.05, 0.1) is 17.6 Å². The molecular weight excluding hydrogens is 360 g/mol. The molecule has 1 N–H and O–H groups in total. The first-order chi connectivity index (χ1) is 14.3. The normalized spacial score (nSPS) is 14.5. The van der Waals surface area contributed by atoms with Crippen molar-refractivity contribution in [1.29, 1.82) is 0 Å². The Kier molecular flexibility index (Phi) is 3.70. The van der Waals surface area contributed by atoms with Crippen LogP contribution >= 0.6 is 0 Å². The van der Waals surface area contributed by atoms with Crippen LogP contribution in [0.5, 0.6) is 0 Å². The third-order valence-electron chi connectivity index (χ3n) is 5.79. The van der Waals surface area contributed by atoms with Gasteiger partial charge in [-0.3, -0.25) is 9.88 Å². The van der Waals surface area contributed by atoms with Gasteiger partial charge in [-0.25, -0.2) is 4.68 Å². The van der Waals surface area contributed by atoms with Gasteiger partial charge in [0.2, 0.25) is 0 Å². The molecule has 142 valence electrons. The number of H-pyrrole nitrogens is 1. The molecule has 0 spiro atoms. The maximum atomic E-state index is 4.44. The lowest BCUT2D eigenvalue weighted by Gasteiger charge is -2.25. The highest BCUT2D eigenvalue weighted by Crippen LogP contribution is 2.28.